The molecule has 180 valence electrons. The summed E-state index contributed by atoms with van der Waals surface area (Å²) in [5.74, 6) is 1.29. The van der Waals surface area contributed by atoms with Crippen molar-refractivity contribution in [2.75, 3.05) is 0 Å². The molecule has 1 fully saturated rings. The highest BCUT2D eigenvalue weighted by molar-refractivity contribution is 6.30. The van der Waals surface area contributed by atoms with Crippen LogP contribution in [0.3, 0.4) is 0 Å². The molecule has 0 amide bonds. The fourth-order valence-corrected chi connectivity index (χ4v) is 5.47. The Hall–Kier alpha value is -2.12. The van der Waals surface area contributed by atoms with Gasteiger partial charge in [0.2, 0.25) is 0 Å². The van der Waals surface area contributed by atoms with E-state index in [4.69, 9.17) is 11.6 Å². The van der Waals surface area contributed by atoms with E-state index in [1.54, 1.807) is 17.7 Å². The van der Waals surface area contributed by atoms with Crippen molar-refractivity contribution >= 4 is 11.6 Å². The molecule has 1 aliphatic rings. The zero-order valence-corrected chi connectivity index (χ0v) is 21.3. The summed E-state index contributed by atoms with van der Waals surface area (Å²) in [6, 6.07) is 23.6. The topological polar surface area (TPSA) is 0 Å². The molecule has 4 rings (SSSR count). The van der Waals surface area contributed by atoms with Crippen LogP contribution in [0.5, 0.6) is 0 Å². The molecule has 0 aliphatic heterocycles. The van der Waals surface area contributed by atoms with Crippen molar-refractivity contribution < 1.29 is 4.39 Å². The van der Waals surface area contributed by atoms with E-state index in [1.807, 2.05) is 6.07 Å². The van der Waals surface area contributed by atoms with E-state index >= 15 is 0 Å². The van der Waals surface area contributed by atoms with Crippen LogP contribution in [0.15, 0.2) is 66.7 Å². The van der Waals surface area contributed by atoms with Gasteiger partial charge in [-0.2, -0.15) is 0 Å². The SMILES string of the molecule is CCCCc1ccc(C2CCC(CCc3ccc(CCc4ccc(Cl)c(F)c4)cc3)CC2)cc1. The summed E-state index contributed by atoms with van der Waals surface area (Å²) in [6.45, 7) is 2.26. The first-order chi connectivity index (χ1) is 16.6. The highest BCUT2D eigenvalue weighted by Gasteiger charge is 2.22. The Morgan fingerprint density at radius 2 is 1.26 bits per heavy atom. The van der Waals surface area contributed by atoms with E-state index < -0.39 is 0 Å². The molecule has 2 heteroatoms. The summed E-state index contributed by atoms with van der Waals surface area (Å²) in [6.07, 6.45) is 13.4. The van der Waals surface area contributed by atoms with Gasteiger partial charge in [-0.25, -0.2) is 4.39 Å². The van der Waals surface area contributed by atoms with Gasteiger partial charge in [0.25, 0.3) is 0 Å². The van der Waals surface area contributed by atoms with Gasteiger partial charge >= 0.3 is 0 Å². The Morgan fingerprint density at radius 3 is 1.91 bits per heavy atom. The number of halogens is 2. The number of aryl methyl sites for hydroxylation is 4. The number of hydrogen-bond donors (Lipinski definition) is 0. The van der Waals surface area contributed by atoms with Crippen molar-refractivity contribution in [1.29, 1.82) is 0 Å². The second-order valence-electron chi connectivity index (χ2n) is 10.2. The lowest BCUT2D eigenvalue weighted by molar-refractivity contribution is 0.310. The van der Waals surface area contributed by atoms with Crippen molar-refractivity contribution in [3.05, 3.63) is 105 Å². The van der Waals surface area contributed by atoms with E-state index in [0.717, 1.165) is 30.2 Å². The lowest BCUT2D eigenvalue weighted by atomic mass is 9.77. The monoisotopic (exact) mass is 476 g/mol. The molecule has 3 aromatic rings. The van der Waals surface area contributed by atoms with Gasteiger partial charge in [-0.3, -0.25) is 0 Å². The summed E-state index contributed by atoms with van der Waals surface area (Å²) in [5, 5.41) is 0.193. The molecule has 0 saturated heterocycles. The zero-order chi connectivity index (χ0) is 23.8. The van der Waals surface area contributed by atoms with Gasteiger partial charge in [0.1, 0.15) is 5.82 Å². The largest absolute Gasteiger partial charge is 0.205 e. The van der Waals surface area contributed by atoms with Crippen LogP contribution in [0.4, 0.5) is 4.39 Å². The maximum absolute atomic E-state index is 13.6. The Morgan fingerprint density at radius 1 is 0.706 bits per heavy atom. The van der Waals surface area contributed by atoms with Crippen molar-refractivity contribution in [2.24, 2.45) is 5.92 Å². The molecule has 3 aromatic carbocycles. The number of hydrogen-bond acceptors (Lipinski definition) is 0. The van der Waals surface area contributed by atoms with Crippen LogP contribution < -0.4 is 0 Å². The standard InChI is InChI=1S/C32H38ClF/c1-2-3-4-24-13-18-29(19-14-24)30-20-15-27(16-21-30)10-9-25-5-7-26(8-6-25)11-12-28-17-22-31(33)32(34)23-28/h5-8,13-14,17-19,22-23,27,30H,2-4,9-12,15-16,20-21H2,1H3. The summed E-state index contributed by atoms with van der Waals surface area (Å²) in [7, 11) is 0. The van der Waals surface area contributed by atoms with Gasteiger partial charge in [-0.15, -0.1) is 0 Å². The lowest BCUT2D eigenvalue weighted by Crippen LogP contribution is -2.14. The Bertz CT molecular complexity index is 1010. The zero-order valence-electron chi connectivity index (χ0n) is 20.5. The Labute approximate surface area is 210 Å². The predicted octanol–water partition coefficient (Wildman–Crippen LogP) is 9.51. The number of benzene rings is 3. The van der Waals surface area contributed by atoms with Gasteiger partial charge in [-0.05, 0) is 116 Å². The average molecular weight is 477 g/mol. The molecular weight excluding hydrogens is 439 g/mol. The molecule has 0 spiro atoms. The van der Waals surface area contributed by atoms with Gasteiger partial charge in [-0.1, -0.05) is 79.5 Å². The highest BCUT2D eigenvalue weighted by atomic mass is 35.5. The first kappa shape index (κ1) is 25.0. The smallest absolute Gasteiger partial charge is 0.142 e. The molecule has 0 unspecified atom stereocenters. The maximum atomic E-state index is 13.6. The molecular formula is C32H38ClF. The maximum Gasteiger partial charge on any atom is 0.142 e. The molecule has 0 atom stereocenters. The minimum Gasteiger partial charge on any atom is -0.205 e. The van der Waals surface area contributed by atoms with Gasteiger partial charge in [0.05, 0.1) is 5.02 Å². The fraction of sp³-hybridized carbons (Fsp3) is 0.438. The first-order valence-electron chi connectivity index (χ1n) is 13.2. The summed E-state index contributed by atoms with van der Waals surface area (Å²) in [5.41, 5.74) is 6.78. The third kappa shape index (κ3) is 7.19. The van der Waals surface area contributed by atoms with Crippen molar-refractivity contribution in [3.8, 4) is 0 Å². The van der Waals surface area contributed by atoms with Crippen molar-refractivity contribution in [2.45, 2.75) is 83.5 Å². The Balaban J connectivity index is 1.18. The van der Waals surface area contributed by atoms with Crippen LogP contribution in [0.25, 0.3) is 0 Å². The second kappa shape index (κ2) is 12.5. The van der Waals surface area contributed by atoms with Crippen molar-refractivity contribution in [1.82, 2.24) is 0 Å². The van der Waals surface area contributed by atoms with E-state index in [0.29, 0.717) is 0 Å². The predicted molar refractivity (Wildman–Crippen MR) is 143 cm³/mol. The van der Waals surface area contributed by atoms with Gasteiger partial charge in [0.15, 0.2) is 0 Å². The quantitative estimate of drug-likeness (QED) is 0.273. The molecule has 0 heterocycles. The third-order valence-corrected chi connectivity index (χ3v) is 7.97. The van der Waals surface area contributed by atoms with Crippen LogP contribution in [0, 0.1) is 11.7 Å². The minimum atomic E-state index is -0.330. The third-order valence-electron chi connectivity index (χ3n) is 7.67. The molecule has 1 saturated carbocycles. The van der Waals surface area contributed by atoms with E-state index in [9.17, 15) is 4.39 Å². The minimum absolute atomic E-state index is 0.193. The van der Waals surface area contributed by atoms with Crippen LogP contribution in [0.2, 0.25) is 5.02 Å². The van der Waals surface area contributed by atoms with Crippen molar-refractivity contribution in [3.63, 3.8) is 0 Å². The normalized spacial score (nSPS) is 18.2. The molecule has 1 aliphatic carbocycles. The van der Waals surface area contributed by atoms with E-state index in [-0.39, 0.29) is 10.8 Å². The van der Waals surface area contributed by atoms with Crippen LogP contribution >= 0.6 is 11.6 Å². The molecule has 0 nitrogen and oxygen atoms in total. The van der Waals surface area contributed by atoms with Gasteiger partial charge in [0, 0.05) is 0 Å². The molecule has 0 bridgehead atoms. The lowest BCUT2D eigenvalue weighted by Gasteiger charge is -2.29. The molecule has 0 aromatic heterocycles. The van der Waals surface area contributed by atoms with Crippen LogP contribution in [-0.2, 0) is 25.7 Å². The Kier molecular flexibility index (Phi) is 9.22. The molecule has 0 radical (unpaired) electrons. The van der Waals surface area contributed by atoms with Crippen LogP contribution in [-0.4, -0.2) is 0 Å². The van der Waals surface area contributed by atoms with Crippen LogP contribution in [0.1, 0.15) is 85.6 Å². The van der Waals surface area contributed by atoms with E-state index in [2.05, 4.69) is 55.5 Å². The average Bonchev–Trinajstić information content (AvgIpc) is 2.88. The summed E-state index contributed by atoms with van der Waals surface area (Å²) < 4.78 is 13.6. The fourth-order valence-electron chi connectivity index (χ4n) is 5.35. The van der Waals surface area contributed by atoms with E-state index in [1.165, 1.54) is 74.5 Å². The second-order valence-corrected chi connectivity index (χ2v) is 10.6. The number of rotatable bonds is 10. The van der Waals surface area contributed by atoms with Gasteiger partial charge < -0.3 is 0 Å². The number of unbranched alkanes of at least 4 members (excludes halogenated alkanes) is 1. The molecule has 0 N–H and O–H groups in total. The summed E-state index contributed by atoms with van der Waals surface area (Å²) >= 11 is 5.78. The summed E-state index contributed by atoms with van der Waals surface area (Å²) in [4.78, 5) is 0. The first-order valence-corrected chi connectivity index (χ1v) is 13.6. The highest BCUT2D eigenvalue weighted by Crippen LogP contribution is 2.37. The molecule has 34 heavy (non-hydrogen) atoms.